The molecule has 0 aromatic carbocycles. The second kappa shape index (κ2) is 4.42. The van der Waals surface area contributed by atoms with Gasteiger partial charge in [0.1, 0.15) is 0 Å². The van der Waals surface area contributed by atoms with Crippen molar-refractivity contribution in [2.75, 3.05) is 27.2 Å². The smallest absolute Gasteiger partial charge is 0.220 e. The Labute approximate surface area is 72.7 Å². The molecule has 1 aliphatic heterocycles. The highest BCUT2D eigenvalue weighted by Crippen LogP contribution is 2.15. The summed E-state index contributed by atoms with van der Waals surface area (Å²) in [5.41, 5.74) is 0. The van der Waals surface area contributed by atoms with E-state index in [2.05, 4.69) is 10.6 Å². The van der Waals surface area contributed by atoms with Crippen LogP contribution in [-0.2, 0) is 9.53 Å². The molecule has 0 radical (unpaired) electrons. The van der Waals surface area contributed by atoms with Crippen molar-refractivity contribution in [3.05, 3.63) is 0 Å². The van der Waals surface area contributed by atoms with Crippen LogP contribution in [0.3, 0.4) is 0 Å². The number of carbonyl (C=O) groups is 1. The van der Waals surface area contributed by atoms with Crippen molar-refractivity contribution < 1.29 is 9.53 Å². The van der Waals surface area contributed by atoms with Gasteiger partial charge in [-0.25, -0.2) is 0 Å². The SMILES string of the molecule is CNC(=O)C[C@H]1CNC[C@@H]1OC. The zero-order valence-corrected chi connectivity index (χ0v) is 7.59. The zero-order valence-electron chi connectivity index (χ0n) is 7.59. The highest BCUT2D eigenvalue weighted by molar-refractivity contribution is 5.75. The monoisotopic (exact) mass is 172 g/mol. The van der Waals surface area contributed by atoms with E-state index >= 15 is 0 Å². The molecule has 2 N–H and O–H groups in total. The molecule has 2 atom stereocenters. The predicted octanol–water partition coefficient (Wildman–Crippen LogP) is -0.643. The number of amides is 1. The first-order valence-electron chi connectivity index (χ1n) is 4.22. The third-order valence-corrected chi connectivity index (χ3v) is 2.31. The Hall–Kier alpha value is -0.610. The number of nitrogens with one attached hydrogen (secondary N) is 2. The molecule has 1 aliphatic rings. The van der Waals surface area contributed by atoms with Crippen LogP contribution in [0.4, 0.5) is 0 Å². The van der Waals surface area contributed by atoms with E-state index in [0.29, 0.717) is 12.3 Å². The minimum atomic E-state index is 0.0887. The molecule has 12 heavy (non-hydrogen) atoms. The number of hydrogen-bond donors (Lipinski definition) is 2. The maximum atomic E-state index is 11.0. The van der Waals surface area contributed by atoms with Crippen LogP contribution in [0.2, 0.25) is 0 Å². The van der Waals surface area contributed by atoms with Crippen LogP contribution in [0.15, 0.2) is 0 Å². The predicted molar refractivity (Wildman–Crippen MR) is 45.8 cm³/mol. The zero-order chi connectivity index (χ0) is 8.97. The molecule has 1 rings (SSSR count). The molecule has 0 unspecified atom stereocenters. The Morgan fingerprint density at radius 3 is 3.00 bits per heavy atom. The van der Waals surface area contributed by atoms with E-state index in [1.165, 1.54) is 0 Å². The third-order valence-electron chi connectivity index (χ3n) is 2.31. The van der Waals surface area contributed by atoms with Gasteiger partial charge < -0.3 is 15.4 Å². The Balaban J connectivity index is 2.35. The molecule has 1 fully saturated rings. The molecular weight excluding hydrogens is 156 g/mol. The maximum Gasteiger partial charge on any atom is 0.220 e. The number of rotatable bonds is 3. The van der Waals surface area contributed by atoms with Gasteiger partial charge in [0, 0.05) is 39.6 Å². The summed E-state index contributed by atoms with van der Waals surface area (Å²) in [5.74, 6) is 0.417. The minimum absolute atomic E-state index is 0.0887. The molecule has 4 heteroatoms. The van der Waals surface area contributed by atoms with Gasteiger partial charge in [-0.1, -0.05) is 0 Å². The van der Waals surface area contributed by atoms with Gasteiger partial charge in [-0.05, 0) is 0 Å². The quantitative estimate of drug-likeness (QED) is 0.595. The van der Waals surface area contributed by atoms with E-state index in [9.17, 15) is 4.79 Å². The van der Waals surface area contributed by atoms with Crippen molar-refractivity contribution in [2.24, 2.45) is 5.92 Å². The lowest BCUT2D eigenvalue weighted by atomic mass is 10.0. The molecule has 0 aromatic rings. The summed E-state index contributed by atoms with van der Waals surface area (Å²) in [6, 6.07) is 0. The Morgan fingerprint density at radius 2 is 2.42 bits per heavy atom. The normalized spacial score (nSPS) is 28.8. The first-order valence-corrected chi connectivity index (χ1v) is 4.22. The van der Waals surface area contributed by atoms with Crippen molar-refractivity contribution in [1.29, 1.82) is 0 Å². The fourth-order valence-electron chi connectivity index (χ4n) is 1.53. The van der Waals surface area contributed by atoms with E-state index in [-0.39, 0.29) is 12.0 Å². The van der Waals surface area contributed by atoms with E-state index in [4.69, 9.17) is 4.74 Å². The summed E-state index contributed by atoms with van der Waals surface area (Å²) in [6.45, 7) is 1.74. The van der Waals surface area contributed by atoms with E-state index < -0.39 is 0 Å². The van der Waals surface area contributed by atoms with Crippen LogP contribution < -0.4 is 10.6 Å². The summed E-state index contributed by atoms with van der Waals surface area (Å²) < 4.78 is 5.23. The van der Waals surface area contributed by atoms with Gasteiger partial charge in [0.05, 0.1) is 6.10 Å². The fourth-order valence-corrected chi connectivity index (χ4v) is 1.53. The van der Waals surface area contributed by atoms with Gasteiger partial charge in [-0.2, -0.15) is 0 Å². The Morgan fingerprint density at radius 1 is 1.67 bits per heavy atom. The maximum absolute atomic E-state index is 11.0. The largest absolute Gasteiger partial charge is 0.380 e. The lowest BCUT2D eigenvalue weighted by Gasteiger charge is -2.15. The molecule has 0 saturated carbocycles. The topological polar surface area (TPSA) is 50.4 Å². The highest BCUT2D eigenvalue weighted by atomic mass is 16.5. The second-order valence-electron chi connectivity index (χ2n) is 3.07. The first-order chi connectivity index (χ1) is 5.77. The molecular formula is C8H16N2O2. The molecule has 70 valence electrons. The number of carbonyl (C=O) groups excluding carboxylic acids is 1. The number of methoxy groups -OCH3 is 1. The van der Waals surface area contributed by atoms with Crippen LogP contribution in [0.1, 0.15) is 6.42 Å². The lowest BCUT2D eigenvalue weighted by molar-refractivity contribution is -0.122. The average molecular weight is 172 g/mol. The van der Waals surface area contributed by atoms with Gasteiger partial charge in [-0.15, -0.1) is 0 Å². The van der Waals surface area contributed by atoms with E-state index in [1.54, 1.807) is 14.2 Å². The van der Waals surface area contributed by atoms with Crippen LogP contribution >= 0.6 is 0 Å². The second-order valence-corrected chi connectivity index (χ2v) is 3.07. The van der Waals surface area contributed by atoms with Gasteiger partial charge >= 0.3 is 0 Å². The van der Waals surface area contributed by atoms with Crippen molar-refractivity contribution >= 4 is 5.91 Å². The summed E-state index contributed by atoms with van der Waals surface area (Å²) in [5, 5.41) is 5.81. The molecule has 1 saturated heterocycles. The number of ether oxygens (including phenoxy) is 1. The Bertz CT molecular complexity index is 161. The standard InChI is InChI=1S/C8H16N2O2/c1-9-8(11)3-6-4-10-5-7(6)12-2/h6-7,10H,3-5H2,1-2H3,(H,9,11)/t6-,7-/m0/s1. The first kappa shape index (κ1) is 9.48. The van der Waals surface area contributed by atoms with Crippen molar-refractivity contribution in [1.82, 2.24) is 10.6 Å². The van der Waals surface area contributed by atoms with Gasteiger partial charge in [0.25, 0.3) is 0 Å². The van der Waals surface area contributed by atoms with E-state index in [1.807, 2.05) is 0 Å². The highest BCUT2D eigenvalue weighted by Gasteiger charge is 2.28. The van der Waals surface area contributed by atoms with Crippen molar-refractivity contribution in [3.63, 3.8) is 0 Å². The minimum Gasteiger partial charge on any atom is -0.380 e. The average Bonchev–Trinajstić information content (AvgIpc) is 2.51. The van der Waals surface area contributed by atoms with Crippen LogP contribution in [0.25, 0.3) is 0 Å². The van der Waals surface area contributed by atoms with Crippen molar-refractivity contribution in [3.8, 4) is 0 Å². The molecule has 0 spiro atoms. The number of hydrogen-bond acceptors (Lipinski definition) is 3. The molecule has 0 bridgehead atoms. The Kier molecular flexibility index (Phi) is 3.49. The van der Waals surface area contributed by atoms with Crippen LogP contribution in [0, 0.1) is 5.92 Å². The molecule has 4 nitrogen and oxygen atoms in total. The van der Waals surface area contributed by atoms with Crippen LogP contribution in [-0.4, -0.2) is 39.3 Å². The third kappa shape index (κ3) is 2.19. The van der Waals surface area contributed by atoms with Gasteiger partial charge in [0.2, 0.25) is 5.91 Å². The van der Waals surface area contributed by atoms with E-state index in [0.717, 1.165) is 13.1 Å². The summed E-state index contributed by atoms with van der Waals surface area (Å²) in [7, 11) is 3.35. The molecule has 1 amide bonds. The summed E-state index contributed by atoms with van der Waals surface area (Å²) in [6.07, 6.45) is 0.754. The molecule has 0 aliphatic carbocycles. The van der Waals surface area contributed by atoms with Gasteiger partial charge in [-0.3, -0.25) is 4.79 Å². The lowest BCUT2D eigenvalue weighted by Crippen LogP contribution is -2.28. The molecule has 0 aromatic heterocycles. The summed E-state index contributed by atoms with van der Waals surface area (Å²) in [4.78, 5) is 11.0. The molecule has 1 heterocycles. The fraction of sp³-hybridized carbons (Fsp3) is 0.875. The van der Waals surface area contributed by atoms with Crippen LogP contribution in [0.5, 0.6) is 0 Å². The van der Waals surface area contributed by atoms with Crippen molar-refractivity contribution in [2.45, 2.75) is 12.5 Å². The summed E-state index contributed by atoms with van der Waals surface area (Å²) >= 11 is 0. The van der Waals surface area contributed by atoms with Gasteiger partial charge in [0.15, 0.2) is 0 Å².